The van der Waals surface area contributed by atoms with Gasteiger partial charge in [-0.3, -0.25) is 14.5 Å². The Hall–Kier alpha value is -2.90. The maximum atomic E-state index is 13.5. The Labute approximate surface area is 226 Å². The molecule has 1 saturated heterocycles. The summed E-state index contributed by atoms with van der Waals surface area (Å²) in [6.07, 6.45) is 11.5. The summed E-state index contributed by atoms with van der Waals surface area (Å²) in [7, 11) is 0. The van der Waals surface area contributed by atoms with E-state index in [1.165, 1.54) is 31.4 Å². The van der Waals surface area contributed by atoms with E-state index in [9.17, 15) is 9.59 Å². The highest BCUT2D eigenvalue weighted by atomic mass is 16.5. The van der Waals surface area contributed by atoms with Gasteiger partial charge in [-0.1, -0.05) is 18.2 Å². The standard InChI is InChI=1S/C31H42N4O3/c1-3-35(25-14-12-24(13-15-25)34-16-18-38-19-17-34)29-11-7-10-27-26(29)9-6-4-5-8-23-20-22(2)33-31(37)28(23)21-32-30(27)36/h4,6-7,10-11,20,24-25H,3,5,8-9,12-19,21H2,1-2H3,(H,32,36)(H,33,37)/b6-4+/t24-,25-. The second-order valence-electron chi connectivity index (χ2n) is 10.9. The van der Waals surface area contributed by atoms with Crippen LogP contribution in [0.1, 0.15) is 71.8 Å². The predicted octanol–water partition coefficient (Wildman–Crippen LogP) is 4.13. The number of nitrogens with one attached hydrogen (secondary N) is 2. The fraction of sp³-hybridized carbons (Fsp3) is 0.548. The van der Waals surface area contributed by atoms with Crippen LogP contribution < -0.4 is 15.8 Å². The number of carbonyl (C=O) groups is 1. The molecule has 3 aliphatic rings. The first-order valence-electron chi connectivity index (χ1n) is 14.4. The Balaban J connectivity index is 1.38. The summed E-state index contributed by atoms with van der Waals surface area (Å²) in [6.45, 7) is 9.09. The topological polar surface area (TPSA) is 77.7 Å². The Bertz CT molecular complexity index is 1210. The Kier molecular flexibility index (Phi) is 8.65. The molecule has 7 nitrogen and oxygen atoms in total. The Morgan fingerprint density at radius 3 is 2.61 bits per heavy atom. The molecular weight excluding hydrogens is 476 g/mol. The zero-order valence-corrected chi connectivity index (χ0v) is 22.9. The van der Waals surface area contributed by atoms with Gasteiger partial charge in [-0.25, -0.2) is 0 Å². The maximum Gasteiger partial charge on any atom is 0.253 e. The van der Waals surface area contributed by atoms with Gasteiger partial charge in [0.25, 0.3) is 11.5 Å². The quantitative estimate of drug-likeness (QED) is 0.596. The zero-order valence-electron chi connectivity index (χ0n) is 22.9. The summed E-state index contributed by atoms with van der Waals surface area (Å²) < 4.78 is 5.56. The van der Waals surface area contributed by atoms with Gasteiger partial charge in [-0.15, -0.1) is 0 Å². The molecule has 0 atom stereocenters. The molecule has 2 N–H and O–H groups in total. The largest absolute Gasteiger partial charge is 0.379 e. The highest BCUT2D eigenvalue weighted by Crippen LogP contribution is 2.33. The van der Waals surface area contributed by atoms with Crippen LogP contribution in [0.3, 0.4) is 0 Å². The van der Waals surface area contributed by atoms with Crippen LogP contribution in [-0.4, -0.2) is 60.7 Å². The highest BCUT2D eigenvalue weighted by molar-refractivity contribution is 5.97. The number of aromatic nitrogens is 1. The number of hydrogen-bond donors (Lipinski definition) is 2. The second-order valence-corrected chi connectivity index (χ2v) is 10.9. The van der Waals surface area contributed by atoms with Crippen LogP contribution in [0.5, 0.6) is 0 Å². The minimum atomic E-state index is -0.117. The monoisotopic (exact) mass is 518 g/mol. The summed E-state index contributed by atoms with van der Waals surface area (Å²) in [6, 6.07) is 9.29. The van der Waals surface area contributed by atoms with Crippen molar-refractivity contribution in [2.45, 2.75) is 77.4 Å². The van der Waals surface area contributed by atoms with Crippen molar-refractivity contribution < 1.29 is 9.53 Å². The molecular formula is C31H42N4O3. The van der Waals surface area contributed by atoms with Crippen LogP contribution in [0.15, 0.2) is 41.2 Å². The van der Waals surface area contributed by atoms with Gasteiger partial charge in [0.15, 0.2) is 0 Å². The molecule has 0 bridgehead atoms. The number of morpholine rings is 1. The molecule has 3 heterocycles. The summed E-state index contributed by atoms with van der Waals surface area (Å²) >= 11 is 0. The van der Waals surface area contributed by atoms with Crippen molar-refractivity contribution in [1.82, 2.24) is 15.2 Å². The average Bonchev–Trinajstić information content (AvgIpc) is 2.93. The number of allylic oxidation sites excluding steroid dienone is 2. The fourth-order valence-corrected chi connectivity index (χ4v) is 6.60. The molecule has 2 fully saturated rings. The fourth-order valence-electron chi connectivity index (χ4n) is 6.60. The number of hydrogen-bond acceptors (Lipinski definition) is 5. The van der Waals surface area contributed by atoms with Gasteiger partial charge in [-0.05, 0) is 88.1 Å². The minimum Gasteiger partial charge on any atom is -0.379 e. The first-order chi connectivity index (χ1) is 18.5. The molecule has 7 heteroatoms. The molecule has 38 heavy (non-hydrogen) atoms. The molecule has 1 aromatic carbocycles. The molecule has 0 radical (unpaired) electrons. The van der Waals surface area contributed by atoms with Crippen LogP contribution in [-0.2, 0) is 24.1 Å². The van der Waals surface area contributed by atoms with Gasteiger partial charge >= 0.3 is 0 Å². The van der Waals surface area contributed by atoms with E-state index in [2.05, 4.69) is 45.2 Å². The number of carbonyl (C=O) groups excluding carboxylic acids is 1. The van der Waals surface area contributed by atoms with E-state index in [1.54, 1.807) is 0 Å². The van der Waals surface area contributed by atoms with Gasteiger partial charge in [0, 0.05) is 60.8 Å². The number of ether oxygens (including phenoxy) is 1. The van der Waals surface area contributed by atoms with E-state index in [0.29, 0.717) is 23.2 Å². The number of rotatable bonds is 4. The number of anilines is 1. The van der Waals surface area contributed by atoms with E-state index in [0.717, 1.165) is 68.9 Å². The SMILES string of the molecule is CCN(c1cccc2c1C/C=C/CCc1cc(C)[nH]c(=O)c1CNC2=O)[C@H]1CC[C@H](N2CCOCC2)CC1. The zero-order chi connectivity index (χ0) is 26.5. The first-order valence-corrected chi connectivity index (χ1v) is 14.4. The lowest BCUT2D eigenvalue weighted by molar-refractivity contribution is 0.00730. The third kappa shape index (κ3) is 5.89. The van der Waals surface area contributed by atoms with Crippen molar-refractivity contribution >= 4 is 11.6 Å². The Morgan fingerprint density at radius 2 is 1.84 bits per heavy atom. The molecule has 1 aromatic heterocycles. The molecule has 1 amide bonds. The number of pyridine rings is 1. The Morgan fingerprint density at radius 1 is 1.05 bits per heavy atom. The third-order valence-electron chi connectivity index (χ3n) is 8.57. The molecule has 2 aromatic rings. The van der Waals surface area contributed by atoms with Crippen molar-refractivity contribution in [2.24, 2.45) is 0 Å². The van der Waals surface area contributed by atoms with Gasteiger partial charge in [0.05, 0.1) is 13.2 Å². The van der Waals surface area contributed by atoms with Crippen molar-refractivity contribution in [1.29, 1.82) is 0 Å². The van der Waals surface area contributed by atoms with Crippen LogP contribution >= 0.6 is 0 Å². The van der Waals surface area contributed by atoms with Crippen LogP contribution in [0.4, 0.5) is 5.69 Å². The van der Waals surface area contributed by atoms with Crippen molar-refractivity contribution in [3.63, 3.8) is 0 Å². The first kappa shape index (κ1) is 26.7. The van der Waals surface area contributed by atoms with Crippen LogP contribution in [0, 0.1) is 6.92 Å². The second kappa shape index (κ2) is 12.3. The lowest BCUT2D eigenvalue weighted by Crippen LogP contribution is -2.48. The normalized spacial score (nSPS) is 23.8. The summed E-state index contributed by atoms with van der Waals surface area (Å²) in [5, 5.41) is 3.06. The van der Waals surface area contributed by atoms with E-state index in [1.807, 2.05) is 25.1 Å². The molecule has 1 aliphatic carbocycles. The average molecular weight is 519 g/mol. The molecule has 1 saturated carbocycles. The number of H-pyrrole nitrogens is 1. The van der Waals surface area contributed by atoms with Crippen molar-refractivity contribution in [3.8, 4) is 0 Å². The highest BCUT2D eigenvalue weighted by Gasteiger charge is 2.30. The van der Waals surface area contributed by atoms with E-state index in [-0.39, 0.29) is 18.0 Å². The predicted molar refractivity (Wildman–Crippen MR) is 152 cm³/mol. The van der Waals surface area contributed by atoms with Crippen molar-refractivity contribution in [3.05, 3.63) is 74.7 Å². The van der Waals surface area contributed by atoms with Gasteiger partial charge < -0.3 is 19.9 Å². The molecule has 0 unspecified atom stereocenters. The van der Waals surface area contributed by atoms with E-state index < -0.39 is 0 Å². The molecule has 0 spiro atoms. The summed E-state index contributed by atoms with van der Waals surface area (Å²) in [5.41, 5.74) is 5.36. The number of fused-ring (bicyclic) bond motifs is 2. The van der Waals surface area contributed by atoms with Gasteiger partial charge in [0.1, 0.15) is 0 Å². The summed E-state index contributed by atoms with van der Waals surface area (Å²) in [4.78, 5) is 34.2. The molecule has 204 valence electrons. The van der Waals surface area contributed by atoms with Crippen LogP contribution in [0.2, 0.25) is 0 Å². The number of amides is 1. The number of benzene rings is 1. The molecule has 2 aliphatic heterocycles. The number of aryl methyl sites for hydroxylation is 2. The smallest absolute Gasteiger partial charge is 0.253 e. The number of nitrogens with zero attached hydrogens (tertiary/aromatic N) is 2. The summed E-state index contributed by atoms with van der Waals surface area (Å²) in [5.74, 6) is -0.117. The third-order valence-corrected chi connectivity index (χ3v) is 8.57. The molecule has 5 rings (SSSR count). The van der Waals surface area contributed by atoms with E-state index >= 15 is 0 Å². The van der Waals surface area contributed by atoms with Crippen LogP contribution in [0.25, 0.3) is 0 Å². The lowest BCUT2D eigenvalue weighted by atomic mass is 9.88. The minimum absolute atomic E-state index is 0.111. The van der Waals surface area contributed by atoms with E-state index in [4.69, 9.17) is 4.74 Å². The van der Waals surface area contributed by atoms with Crippen molar-refractivity contribution in [2.75, 3.05) is 37.7 Å². The van der Waals surface area contributed by atoms with Gasteiger partial charge in [0.2, 0.25) is 0 Å². The van der Waals surface area contributed by atoms with Gasteiger partial charge in [-0.2, -0.15) is 0 Å². The number of aromatic amines is 1. The lowest BCUT2D eigenvalue weighted by Gasteiger charge is -2.43. The maximum absolute atomic E-state index is 13.5.